The van der Waals surface area contributed by atoms with Crippen molar-refractivity contribution in [2.24, 2.45) is 0 Å². The van der Waals surface area contributed by atoms with Crippen LogP contribution in [0.2, 0.25) is 5.02 Å². The van der Waals surface area contributed by atoms with E-state index >= 15 is 0 Å². The van der Waals surface area contributed by atoms with Gasteiger partial charge in [0.25, 0.3) is 0 Å². The van der Waals surface area contributed by atoms with Crippen LogP contribution in [-0.4, -0.2) is 18.1 Å². The molecule has 1 heterocycles. The fourth-order valence-corrected chi connectivity index (χ4v) is 2.05. The number of anilines is 2. The van der Waals surface area contributed by atoms with Gasteiger partial charge in [-0.25, -0.2) is 9.78 Å². The molecule has 1 aromatic heterocycles. The summed E-state index contributed by atoms with van der Waals surface area (Å²) in [5.41, 5.74) is 10.2. The van der Waals surface area contributed by atoms with Crippen molar-refractivity contribution in [2.45, 2.75) is 6.18 Å². The van der Waals surface area contributed by atoms with Crippen LogP contribution in [0.1, 0.15) is 16.1 Å². The molecule has 5 nitrogen and oxygen atoms in total. The Labute approximate surface area is 134 Å². The number of rotatable bonds is 2. The van der Waals surface area contributed by atoms with Gasteiger partial charge in [-0.15, -0.1) is 0 Å². The topological polar surface area (TPSA) is 91.2 Å². The number of hydrogen-bond donors (Lipinski definition) is 2. The van der Waals surface area contributed by atoms with Crippen LogP contribution in [0.4, 0.5) is 24.5 Å². The molecule has 23 heavy (non-hydrogen) atoms. The Morgan fingerprint density at radius 1 is 1.22 bits per heavy atom. The molecular formula is C14H11ClF3N3O2. The maximum absolute atomic E-state index is 12.8. The molecule has 9 heteroatoms. The van der Waals surface area contributed by atoms with Crippen molar-refractivity contribution in [3.8, 4) is 11.3 Å². The van der Waals surface area contributed by atoms with Crippen LogP contribution in [0, 0.1) is 0 Å². The predicted molar refractivity (Wildman–Crippen MR) is 79.8 cm³/mol. The second-order valence-corrected chi connectivity index (χ2v) is 4.93. The number of nitrogens with two attached hydrogens (primary N) is 2. The number of nitrogen functional groups attached to an aromatic ring is 2. The third-order valence-electron chi connectivity index (χ3n) is 3.02. The highest BCUT2D eigenvalue weighted by molar-refractivity contribution is 6.35. The second kappa shape index (κ2) is 5.96. The van der Waals surface area contributed by atoms with Gasteiger partial charge in [0.15, 0.2) is 5.69 Å². The third kappa shape index (κ3) is 3.31. The number of benzene rings is 1. The van der Waals surface area contributed by atoms with Crippen molar-refractivity contribution in [3.63, 3.8) is 0 Å². The van der Waals surface area contributed by atoms with Gasteiger partial charge >= 0.3 is 12.1 Å². The molecule has 0 amide bonds. The molecule has 0 saturated heterocycles. The van der Waals surface area contributed by atoms with Gasteiger partial charge in [-0.3, -0.25) is 0 Å². The van der Waals surface area contributed by atoms with Gasteiger partial charge in [-0.2, -0.15) is 13.2 Å². The zero-order chi connectivity index (χ0) is 17.4. The van der Waals surface area contributed by atoms with Gasteiger partial charge < -0.3 is 16.2 Å². The number of alkyl halides is 3. The van der Waals surface area contributed by atoms with Crippen molar-refractivity contribution in [1.82, 2.24) is 4.98 Å². The number of hydrogen-bond acceptors (Lipinski definition) is 5. The highest BCUT2D eigenvalue weighted by atomic mass is 35.5. The summed E-state index contributed by atoms with van der Waals surface area (Å²) < 4.78 is 43.0. The van der Waals surface area contributed by atoms with E-state index in [-0.39, 0.29) is 33.3 Å². The minimum absolute atomic E-state index is 0.0177. The first-order valence-electron chi connectivity index (χ1n) is 6.16. The second-order valence-electron chi connectivity index (χ2n) is 4.55. The van der Waals surface area contributed by atoms with Gasteiger partial charge in [0.2, 0.25) is 0 Å². The van der Waals surface area contributed by atoms with E-state index in [2.05, 4.69) is 9.72 Å². The largest absolute Gasteiger partial charge is 0.464 e. The molecule has 0 atom stereocenters. The van der Waals surface area contributed by atoms with E-state index in [0.29, 0.717) is 0 Å². The Morgan fingerprint density at radius 2 is 1.87 bits per heavy atom. The lowest BCUT2D eigenvalue weighted by atomic mass is 10.0. The van der Waals surface area contributed by atoms with Crippen molar-refractivity contribution in [3.05, 3.63) is 40.5 Å². The molecule has 4 N–H and O–H groups in total. The highest BCUT2D eigenvalue weighted by Crippen LogP contribution is 2.36. The first-order valence-corrected chi connectivity index (χ1v) is 6.54. The number of nitrogens with zero attached hydrogens (tertiary/aromatic N) is 1. The molecule has 0 spiro atoms. The maximum Gasteiger partial charge on any atom is 0.416 e. The third-order valence-corrected chi connectivity index (χ3v) is 3.42. The van der Waals surface area contributed by atoms with Crippen molar-refractivity contribution >= 4 is 28.9 Å². The van der Waals surface area contributed by atoms with Gasteiger partial charge in [-0.05, 0) is 24.3 Å². The fraction of sp³-hybridized carbons (Fsp3) is 0.143. The summed E-state index contributed by atoms with van der Waals surface area (Å²) in [6.07, 6.45) is -4.55. The summed E-state index contributed by atoms with van der Waals surface area (Å²) >= 11 is 5.87. The number of aromatic nitrogens is 1. The van der Waals surface area contributed by atoms with Gasteiger partial charge in [0.05, 0.1) is 29.1 Å². The first-order chi connectivity index (χ1) is 10.6. The molecule has 0 unspecified atom stereocenters. The molecule has 122 valence electrons. The monoisotopic (exact) mass is 345 g/mol. The highest BCUT2D eigenvalue weighted by Gasteiger charge is 2.31. The van der Waals surface area contributed by atoms with Crippen LogP contribution in [0.15, 0.2) is 24.3 Å². The minimum atomic E-state index is -4.55. The molecule has 1 aromatic carbocycles. The van der Waals surface area contributed by atoms with Gasteiger partial charge in [0.1, 0.15) is 0 Å². The van der Waals surface area contributed by atoms with E-state index in [1.165, 1.54) is 6.07 Å². The van der Waals surface area contributed by atoms with Crippen LogP contribution in [0.3, 0.4) is 0 Å². The lowest BCUT2D eigenvalue weighted by molar-refractivity contribution is -0.137. The number of pyridine rings is 1. The summed E-state index contributed by atoms with van der Waals surface area (Å²) in [4.78, 5) is 15.6. The van der Waals surface area contributed by atoms with Crippen LogP contribution in [0.25, 0.3) is 11.3 Å². The van der Waals surface area contributed by atoms with Crippen LogP contribution < -0.4 is 11.5 Å². The normalized spacial score (nSPS) is 11.3. The number of carbonyl (C=O) groups is 1. The van der Waals surface area contributed by atoms with E-state index in [9.17, 15) is 18.0 Å². The molecule has 0 aliphatic rings. The van der Waals surface area contributed by atoms with E-state index < -0.39 is 17.7 Å². The average Bonchev–Trinajstić information content (AvgIpc) is 2.48. The Morgan fingerprint density at radius 3 is 2.43 bits per heavy atom. The predicted octanol–water partition coefficient (Wildman–Crippen LogP) is 3.37. The Kier molecular flexibility index (Phi) is 4.37. The number of halogens is 4. The summed E-state index contributed by atoms with van der Waals surface area (Å²) in [6.45, 7) is 0. The van der Waals surface area contributed by atoms with Crippen molar-refractivity contribution in [2.75, 3.05) is 18.6 Å². The Balaban J connectivity index is 2.67. The lowest BCUT2D eigenvalue weighted by Gasteiger charge is -2.13. The van der Waals surface area contributed by atoms with Crippen LogP contribution in [0.5, 0.6) is 0 Å². The Hall–Kier alpha value is -2.48. The Bertz CT molecular complexity index is 779. The van der Waals surface area contributed by atoms with E-state index in [4.69, 9.17) is 23.1 Å². The summed E-state index contributed by atoms with van der Waals surface area (Å²) in [5.74, 6) is -0.867. The van der Waals surface area contributed by atoms with Gasteiger partial charge in [-0.1, -0.05) is 11.6 Å². The molecule has 0 saturated carbocycles. The molecule has 0 radical (unpaired) electrons. The maximum atomic E-state index is 12.8. The smallest absolute Gasteiger partial charge is 0.416 e. The zero-order valence-electron chi connectivity index (χ0n) is 11.7. The van der Waals surface area contributed by atoms with Gasteiger partial charge in [0, 0.05) is 11.3 Å². The average molecular weight is 346 g/mol. The molecule has 0 aliphatic heterocycles. The summed E-state index contributed by atoms with van der Waals surface area (Å²) in [6, 6.07) is 4.01. The minimum Gasteiger partial charge on any atom is -0.464 e. The van der Waals surface area contributed by atoms with Crippen LogP contribution >= 0.6 is 11.6 Å². The molecule has 0 aliphatic carbocycles. The number of carbonyl (C=O) groups excluding carboxylic acids is 1. The van der Waals surface area contributed by atoms with Crippen molar-refractivity contribution < 1.29 is 22.7 Å². The first kappa shape index (κ1) is 16.9. The number of ether oxygens (including phenoxy) is 1. The van der Waals surface area contributed by atoms with E-state index in [0.717, 1.165) is 25.3 Å². The molecule has 0 bridgehead atoms. The van der Waals surface area contributed by atoms with E-state index in [1.807, 2.05) is 0 Å². The molecule has 2 aromatic rings. The SMILES string of the molecule is COC(=O)c1nc(-c2cc(C(F)(F)F)ccc2N)cc(N)c1Cl. The molecule has 0 fully saturated rings. The number of esters is 1. The standard InChI is InChI=1S/C14H11ClF3N3O2/c1-23-13(22)12-11(15)9(20)5-10(21-12)7-4-6(14(16,17)18)2-3-8(7)19/h2-5H,19H2,1H3,(H2,20,21). The summed E-state index contributed by atoms with van der Waals surface area (Å²) in [7, 11) is 1.11. The van der Waals surface area contributed by atoms with E-state index in [1.54, 1.807) is 0 Å². The zero-order valence-corrected chi connectivity index (χ0v) is 12.5. The quantitative estimate of drug-likeness (QED) is 0.643. The number of methoxy groups -OCH3 is 1. The lowest BCUT2D eigenvalue weighted by Crippen LogP contribution is -2.09. The van der Waals surface area contributed by atoms with Crippen molar-refractivity contribution in [1.29, 1.82) is 0 Å². The summed E-state index contributed by atoms with van der Waals surface area (Å²) in [5, 5.41) is -0.147. The molecule has 2 rings (SSSR count). The fourth-order valence-electron chi connectivity index (χ4n) is 1.87. The molecular weight excluding hydrogens is 335 g/mol. The van der Waals surface area contributed by atoms with Crippen LogP contribution in [-0.2, 0) is 10.9 Å².